The number of carboxylic acid groups (broad SMARTS) is 1. The molecule has 0 saturated heterocycles. The first-order chi connectivity index (χ1) is 10.3. The van der Waals surface area contributed by atoms with Gasteiger partial charge in [-0.1, -0.05) is 28.8 Å². The summed E-state index contributed by atoms with van der Waals surface area (Å²) in [6.45, 7) is 0. The van der Waals surface area contributed by atoms with Gasteiger partial charge in [0.25, 0.3) is 0 Å². The summed E-state index contributed by atoms with van der Waals surface area (Å²) in [7, 11) is -3.58. The van der Waals surface area contributed by atoms with Crippen molar-refractivity contribution in [1.29, 1.82) is 0 Å². The number of carboxylic acids is 1. The zero-order valence-corrected chi connectivity index (χ0v) is 14.5. The van der Waals surface area contributed by atoms with Crippen molar-refractivity contribution >= 4 is 37.5 Å². The molecule has 0 atom stereocenters. The van der Waals surface area contributed by atoms with E-state index >= 15 is 0 Å². The van der Waals surface area contributed by atoms with Gasteiger partial charge in [0.2, 0.25) is 0 Å². The second-order valence-corrected chi connectivity index (χ2v) is 7.96. The number of Topliss-reactive ketones (excluding diaryl/α,β-unsaturated/α-hetero) is 1. The molecule has 0 radical (unpaired) electrons. The zero-order valence-electron chi connectivity index (χ0n) is 12.1. The summed E-state index contributed by atoms with van der Waals surface area (Å²) in [6, 6.07) is 6.19. The van der Waals surface area contributed by atoms with Gasteiger partial charge in [-0.3, -0.25) is 9.59 Å². The summed E-state index contributed by atoms with van der Waals surface area (Å²) < 4.78 is 24.9. The Bertz CT molecular complexity index is 607. The Morgan fingerprint density at radius 1 is 0.955 bits per heavy atom. The van der Waals surface area contributed by atoms with Crippen LogP contribution in [0.3, 0.4) is 0 Å². The van der Waals surface area contributed by atoms with Crippen molar-refractivity contribution in [1.82, 2.24) is 0 Å². The molecule has 122 valence electrons. The smallest absolute Gasteiger partial charge is 0.303 e. The SMILES string of the molecule is O=C(O)CCCCCCC(=O)CS(=O)(=O)c1ccc(Br)cc1. The Labute approximate surface area is 138 Å². The second-order valence-electron chi connectivity index (χ2n) is 5.06. The monoisotopic (exact) mass is 390 g/mol. The van der Waals surface area contributed by atoms with Gasteiger partial charge >= 0.3 is 5.97 Å². The van der Waals surface area contributed by atoms with Crippen molar-refractivity contribution in [3.8, 4) is 0 Å². The minimum atomic E-state index is -3.58. The fourth-order valence-electron chi connectivity index (χ4n) is 1.96. The average Bonchev–Trinajstić information content (AvgIpc) is 2.42. The Kier molecular flexibility index (Phi) is 7.75. The largest absolute Gasteiger partial charge is 0.481 e. The molecule has 0 unspecified atom stereocenters. The first kappa shape index (κ1) is 18.8. The van der Waals surface area contributed by atoms with Crippen LogP contribution in [-0.2, 0) is 19.4 Å². The van der Waals surface area contributed by atoms with Crippen LogP contribution in [0.5, 0.6) is 0 Å². The van der Waals surface area contributed by atoms with Crippen LogP contribution in [0.2, 0.25) is 0 Å². The first-order valence-electron chi connectivity index (χ1n) is 7.03. The van der Waals surface area contributed by atoms with Gasteiger partial charge in [-0.2, -0.15) is 0 Å². The molecular formula is C15H19BrO5S. The van der Waals surface area contributed by atoms with Crippen molar-refractivity contribution in [3.63, 3.8) is 0 Å². The summed E-state index contributed by atoms with van der Waals surface area (Å²) in [5, 5.41) is 8.49. The minimum absolute atomic E-state index is 0.131. The standard InChI is InChI=1S/C15H19BrO5S/c16-12-7-9-14(10-8-12)22(20,21)11-13(17)5-3-1-2-4-6-15(18)19/h7-10H,1-6,11H2,(H,18,19). The highest BCUT2D eigenvalue weighted by Gasteiger charge is 2.18. The number of hydrogen-bond donors (Lipinski definition) is 1. The van der Waals surface area contributed by atoms with Gasteiger partial charge < -0.3 is 5.11 Å². The molecule has 1 aromatic rings. The van der Waals surface area contributed by atoms with Gasteiger partial charge in [0, 0.05) is 17.3 Å². The summed E-state index contributed by atoms with van der Waals surface area (Å²) in [5.41, 5.74) is 0. The highest BCUT2D eigenvalue weighted by Crippen LogP contribution is 2.16. The lowest BCUT2D eigenvalue weighted by molar-refractivity contribution is -0.137. The highest BCUT2D eigenvalue weighted by atomic mass is 79.9. The van der Waals surface area contributed by atoms with E-state index in [2.05, 4.69) is 15.9 Å². The number of ketones is 1. The molecule has 0 aliphatic heterocycles. The van der Waals surface area contributed by atoms with Crippen LogP contribution in [0.15, 0.2) is 33.6 Å². The normalized spacial score (nSPS) is 11.3. The van der Waals surface area contributed by atoms with Crippen LogP contribution in [-0.4, -0.2) is 31.0 Å². The summed E-state index contributed by atoms with van der Waals surface area (Å²) in [4.78, 5) is 22.2. The van der Waals surface area contributed by atoms with Gasteiger partial charge in [0.05, 0.1) is 4.90 Å². The van der Waals surface area contributed by atoms with Crippen LogP contribution in [0, 0.1) is 0 Å². The summed E-state index contributed by atoms with van der Waals surface area (Å²) in [5.74, 6) is -1.61. The van der Waals surface area contributed by atoms with Crippen molar-refractivity contribution in [2.24, 2.45) is 0 Å². The molecule has 0 heterocycles. The predicted molar refractivity (Wildman–Crippen MR) is 86.5 cm³/mol. The average molecular weight is 391 g/mol. The molecule has 0 saturated carbocycles. The molecule has 22 heavy (non-hydrogen) atoms. The molecule has 7 heteroatoms. The number of unbranched alkanes of at least 4 members (excludes halogenated alkanes) is 3. The lowest BCUT2D eigenvalue weighted by Gasteiger charge is -2.04. The minimum Gasteiger partial charge on any atom is -0.481 e. The molecule has 0 fully saturated rings. The van der Waals surface area contributed by atoms with E-state index in [1.807, 2.05) is 0 Å². The van der Waals surface area contributed by atoms with Gasteiger partial charge in [0.15, 0.2) is 9.84 Å². The van der Waals surface area contributed by atoms with Gasteiger partial charge in [-0.05, 0) is 37.1 Å². The predicted octanol–water partition coefficient (Wildman–Crippen LogP) is 3.22. The number of carbonyl (C=O) groups excluding carboxylic acids is 1. The van der Waals surface area contributed by atoms with E-state index in [4.69, 9.17) is 5.11 Å². The number of carbonyl (C=O) groups is 2. The van der Waals surface area contributed by atoms with Gasteiger partial charge in [-0.15, -0.1) is 0 Å². The zero-order chi connectivity index (χ0) is 16.6. The lowest BCUT2D eigenvalue weighted by atomic mass is 10.1. The van der Waals surface area contributed by atoms with E-state index in [1.54, 1.807) is 12.1 Å². The molecule has 1 aromatic carbocycles. The van der Waals surface area contributed by atoms with E-state index < -0.39 is 21.6 Å². The van der Waals surface area contributed by atoms with Crippen LogP contribution >= 0.6 is 15.9 Å². The third kappa shape index (κ3) is 7.17. The van der Waals surface area contributed by atoms with Crippen LogP contribution in [0.4, 0.5) is 0 Å². The van der Waals surface area contributed by atoms with E-state index in [9.17, 15) is 18.0 Å². The third-order valence-corrected chi connectivity index (χ3v) is 5.34. The number of halogens is 1. The van der Waals surface area contributed by atoms with Gasteiger partial charge in [-0.25, -0.2) is 8.42 Å². The van der Waals surface area contributed by atoms with Gasteiger partial charge in [0.1, 0.15) is 11.5 Å². The van der Waals surface area contributed by atoms with Crippen molar-refractivity contribution in [2.45, 2.75) is 43.4 Å². The number of benzene rings is 1. The molecular weight excluding hydrogens is 372 g/mol. The van der Waals surface area contributed by atoms with Crippen molar-refractivity contribution < 1.29 is 23.1 Å². The molecule has 5 nitrogen and oxygen atoms in total. The molecule has 1 rings (SSSR count). The van der Waals surface area contributed by atoms with Crippen LogP contribution in [0.1, 0.15) is 38.5 Å². The number of hydrogen-bond acceptors (Lipinski definition) is 4. The highest BCUT2D eigenvalue weighted by molar-refractivity contribution is 9.10. The fourth-order valence-corrected chi connectivity index (χ4v) is 3.51. The number of rotatable bonds is 10. The molecule has 0 aliphatic rings. The molecule has 0 aromatic heterocycles. The quantitative estimate of drug-likeness (QED) is 0.619. The third-order valence-electron chi connectivity index (χ3n) is 3.12. The first-order valence-corrected chi connectivity index (χ1v) is 9.47. The lowest BCUT2D eigenvalue weighted by Crippen LogP contribution is -2.16. The molecule has 0 spiro atoms. The fraction of sp³-hybridized carbons (Fsp3) is 0.467. The summed E-state index contributed by atoms with van der Waals surface area (Å²) in [6.07, 6.45) is 2.99. The van der Waals surface area contributed by atoms with Crippen LogP contribution < -0.4 is 0 Å². The van der Waals surface area contributed by atoms with E-state index in [0.717, 1.165) is 17.3 Å². The molecule has 1 N–H and O–H groups in total. The Morgan fingerprint density at radius 2 is 1.50 bits per heavy atom. The topological polar surface area (TPSA) is 88.5 Å². The number of aliphatic carboxylic acids is 1. The van der Waals surface area contributed by atoms with Crippen molar-refractivity contribution in [3.05, 3.63) is 28.7 Å². The maximum Gasteiger partial charge on any atom is 0.303 e. The maximum atomic E-state index is 12.1. The van der Waals surface area contributed by atoms with E-state index in [-0.39, 0.29) is 23.5 Å². The maximum absolute atomic E-state index is 12.1. The van der Waals surface area contributed by atoms with E-state index in [0.29, 0.717) is 12.8 Å². The Balaban J connectivity index is 2.35. The molecule has 0 aliphatic carbocycles. The second kappa shape index (κ2) is 9.05. The van der Waals surface area contributed by atoms with E-state index in [1.165, 1.54) is 12.1 Å². The molecule has 0 bridgehead atoms. The van der Waals surface area contributed by atoms with Crippen LogP contribution in [0.25, 0.3) is 0 Å². The Morgan fingerprint density at radius 3 is 2.05 bits per heavy atom. The Hall–Kier alpha value is -1.21. The summed E-state index contributed by atoms with van der Waals surface area (Å²) >= 11 is 3.23. The number of sulfone groups is 1. The molecule has 0 amide bonds. The van der Waals surface area contributed by atoms with Crippen molar-refractivity contribution in [2.75, 3.05) is 5.75 Å².